The number of thiol groups is 1. The first-order valence-corrected chi connectivity index (χ1v) is 3.74. The van der Waals surface area contributed by atoms with Crippen LogP contribution in [0.25, 0.3) is 0 Å². The fourth-order valence-electron chi connectivity index (χ4n) is 0.823. The second-order valence-electron chi connectivity index (χ2n) is 2.32. The van der Waals surface area contributed by atoms with E-state index in [9.17, 15) is 14.9 Å². The molecule has 14 heavy (non-hydrogen) atoms. The zero-order valence-corrected chi connectivity index (χ0v) is 7.32. The summed E-state index contributed by atoms with van der Waals surface area (Å²) in [7, 11) is 0. The van der Waals surface area contributed by atoms with Crippen molar-refractivity contribution in [1.82, 2.24) is 0 Å². The van der Waals surface area contributed by atoms with Crippen molar-refractivity contribution in [3.05, 3.63) is 33.9 Å². The first-order chi connectivity index (χ1) is 6.02. The average molecular weight is 222 g/mol. The van der Waals surface area contributed by atoms with Crippen LogP contribution in [0.4, 0.5) is 5.69 Å². The van der Waals surface area contributed by atoms with Gasteiger partial charge in [0.05, 0.1) is 9.82 Å². The van der Waals surface area contributed by atoms with E-state index < -0.39 is 10.8 Å². The molecule has 0 aromatic heterocycles. The zero-order chi connectivity index (χ0) is 10.0. The van der Waals surface area contributed by atoms with Gasteiger partial charge >= 0.3 is 29.6 Å². The van der Waals surface area contributed by atoms with Gasteiger partial charge in [-0.15, -0.1) is 12.6 Å². The Labute approximate surface area is 108 Å². The molecule has 2 N–H and O–H groups in total. The van der Waals surface area contributed by atoms with Crippen LogP contribution in [0.15, 0.2) is 23.1 Å². The Bertz CT molecular complexity index is 383. The van der Waals surface area contributed by atoms with Crippen molar-refractivity contribution < 1.29 is 9.72 Å². The second-order valence-corrected chi connectivity index (χ2v) is 2.81. The molecule has 1 aromatic carbocycles. The quantitative estimate of drug-likeness (QED) is 0.327. The molecule has 0 unspecified atom stereocenters. The predicted octanol–water partition coefficient (Wildman–Crippen LogP) is 0.334. The molecular weight excluding hydrogens is 215 g/mol. The summed E-state index contributed by atoms with van der Waals surface area (Å²) in [5.41, 5.74) is 4.83. The molecule has 0 atom stereocenters. The third-order valence-corrected chi connectivity index (χ3v) is 1.83. The summed E-state index contributed by atoms with van der Waals surface area (Å²) in [5, 5.41) is 10.4. The normalized spacial score (nSPS) is 8.93. The van der Waals surface area contributed by atoms with Crippen LogP contribution in [-0.4, -0.2) is 40.4 Å². The van der Waals surface area contributed by atoms with Crippen LogP contribution in [0.1, 0.15) is 10.4 Å². The minimum atomic E-state index is -0.698. The first kappa shape index (κ1) is 13.4. The van der Waals surface area contributed by atoms with Gasteiger partial charge in [-0.05, 0) is 12.1 Å². The number of hydrogen-bond acceptors (Lipinski definition) is 4. The Balaban J connectivity index is 0.00000169. The van der Waals surface area contributed by atoms with E-state index in [2.05, 4.69) is 12.6 Å². The van der Waals surface area contributed by atoms with Gasteiger partial charge in [-0.25, -0.2) is 0 Å². The Morgan fingerprint density at radius 1 is 1.50 bits per heavy atom. The number of nitro groups is 1. The van der Waals surface area contributed by atoms with Crippen molar-refractivity contribution in [3.8, 4) is 0 Å². The van der Waals surface area contributed by atoms with E-state index in [4.69, 9.17) is 5.73 Å². The van der Waals surface area contributed by atoms with Gasteiger partial charge in [0.25, 0.3) is 5.69 Å². The summed E-state index contributed by atoms with van der Waals surface area (Å²) in [4.78, 5) is 20.7. The molecule has 0 saturated heterocycles. The SMILES string of the molecule is NC(=O)c1ccc(S)c([N+](=O)[O-])c1.[NaH]. The van der Waals surface area contributed by atoms with Crippen molar-refractivity contribution >= 4 is 53.8 Å². The number of hydrogen-bond donors (Lipinski definition) is 2. The van der Waals surface area contributed by atoms with Crippen LogP contribution in [0.3, 0.4) is 0 Å². The van der Waals surface area contributed by atoms with Crippen LogP contribution in [0.2, 0.25) is 0 Å². The van der Waals surface area contributed by atoms with Gasteiger partial charge in [-0.2, -0.15) is 0 Å². The number of carbonyl (C=O) groups is 1. The van der Waals surface area contributed by atoms with Crippen molar-refractivity contribution in [2.75, 3.05) is 0 Å². The zero-order valence-electron chi connectivity index (χ0n) is 6.43. The summed E-state index contributed by atoms with van der Waals surface area (Å²) < 4.78 is 0. The van der Waals surface area contributed by atoms with Crippen molar-refractivity contribution in [1.29, 1.82) is 0 Å². The van der Waals surface area contributed by atoms with Gasteiger partial charge in [0.1, 0.15) is 0 Å². The fourth-order valence-corrected chi connectivity index (χ4v) is 1.04. The third kappa shape index (κ3) is 2.98. The first-order valence-electron chi connectivity index (χ1n) is 3.29. The van der Waals surface area contributed by atoms with Gasteiger partial charge in [0.15, 0.2) is 0 Å². The van der Waals surface area contributed by atoms with Crippen molar-refractivity contribution in [2.24, 2.45) is 5.73 Å². The summed E-state index contributed by atoms with van der Waals surface area (Å²) >= 11 is 3.86. The maximum absolute atomic E-state index is 10.7. The summed E-state index contributed by atoms with van der Waals surface area (Å²) in [5.74, 6) is -0.698. The molecule has 0 aliphatic carbocycles. The molecule has 1 amide bonds. The number of amides is 1. The van der Waals surface area contributed by atoms with Crippen LogP contribution in [-0.2, 0) is 0 Å². The van der Waals surface area contributed by atoms with E-state index in [0.29, 0.717) is 0 Å². The number of nitro benzene ring substituents is 1. The standard InChI is InChI=1S/C7H6N2O3S.Na.H/c8-7(10)4-1-2-6(13)5(3-4)9(11)12;;/h1-3,13H,(H2,8,10);;. The molecule has 0 aliphatic heterocycles. The molecule has 0 radical (unpaired) electrons. The number of benzene rings is 1. The van der Waals surface area contributed by atoms with Gasteiger partial charge in [-0.1, -0.05) is 0 Å². The number of nitrogens with zero attached hydrogens (tertiary/aromatic N) is 1. The average Bonchev–Trinajstić information content (AvgIpc) is 2.04. The van der Waals surface area contributed by atoms with Crippen molar-refractivity contribution in [3.63, 3.8) is 0 Å². The van der Waals surface area contributed by atoms with Gasteiger partial charge in [0, 0.05) is 11.6 Å². The molecule has 0 aliphatic rings. The number of rotatable bonds is 2. The Kier molecular flexibility index (Phi) is 5.14. The van der Waals surface area contributed by atoms with E-state index in [1.54, 1.807) is 0 Å². The molecule has 1 rings (SSSR count). The van der Waals surface area contributed by atoms with Gasteiger partial charge in [0.2, 0.25) is 5.91 Å². The molecule has 0 saturated carbocycles. The monoisotopic (exact) mass is 222 g/mol. The Morgan fingerprint density at radius 2 is 2.07 bits per heavy atom. The van der Waals surface area contributed by atoms with Gasteiger partial charge in [-0.3, -0.25) is 14.9 Å². The fraction of sp³-hybridized carbons (Fsp3) is 0. The van der Waals surface area contributed by atoms with Crippen LogP contribution < -0.4 is 5.73 Å². The van der Waals surface area contributed by atoms with E-state index in [1.165, 1.54) is 12.1 Å². The molecule has 5 nitrogen and oxygen atoms in total. The Morgan fingerprint density at radius 3 is 2.50 bits per heavy atom. The summed E-state index contributed by atoms with van der Waals surface area (Å²) in [6.07, 6.45) is 0. The van der Waals surface area contributed by atoms with Gasteiger partial charge < -0.3 is 5.73 Å². The predicted molar refractivity (Wildman–Crippen MR) is 56.0 cm³/mol. The molecule has 1 aromatic rings. The van der Waals surface area contributed by atoms with E-state index in [0.717, 1.165) is 6.07 Å². The summed E-state index contributed by atoms with van der Waals surface area (Å²) in [6, 6.07) is 3.85. The number of nitrogens with two attached hydrogens (primary N) is 1. The van der Waals surface area contributed by atoms with E-state index in [-0.39, 0.29) is 45.7 Å². The molecule has 7 heteroatoms. The molecule has 0 fully saturated rings. The minimum absolute atomic E-state index is 0. The van der Waals surface area contributed by atoms with E-state index in [1.807, 2.05) is 0 Å². The maximum atomic E-state index is 10.7. The van der Waals surface area contributed by atoms with E-state index >= 15 is 0 Å². The number of carbonyl (C=O) groups excluding carboxylic acids is 1. The molecule has 0 spiro atoms. The molecule has 0 heterocycles. The Hall–Kier alpha value is -0.560. The van der Waals surface area contributed by atoms with Crippen LogP contribution in [0.5, 0.6) is 0 Å². The second kappa shape index (κ2) is 5.35. The number of primary amides is 1. The van der Waals surface area contributed by atoms with Crippen molar-refractivity contribution in [2.45, 2.75) is 4.90 Å². The molecule has 0 bridgehead atoms. The molecule has 70 valence electrons. The van der Waals surface area contributed by atoms with Crippen LogP contribution in [0, 0.1) is 10.1 Å². The summed E-state index contributed by atoms with van der Waals surface area (Å²) in [6.45, 7) is 0. The third-order valence-electron chi connectivity index (χ3n) is 1.46. The molecular formula is C7H7N2NaO3S. The topological polar surface area (TPSA) is 86.2 Å². The van der Waals surface area contributed by atoms with Crippen LogP contribution >= 0.6 is 12.6 Å².